The van der Waals surface area contributed by atoms with E-state index in [1.807, 2.05) is 0 Å². The fourth-order valence-corrected chi connectivity index (χ4v) is 2.89. The summed E-state index contributed by atoms with van der Waals surface area (Å²) in [5.74, 6) is -1.76. The Hall–Kier alpha value is -4.27. The molecule has 0 aliphatic rings. The van der Waals surface area contributed by atoms with Gasteiger partial charge in [-0.1, -0.05) is 0 Å². The highest BCUT2D eigenvalue weighted by molar-refractivity contribution is 6.06. The first kappa shape index (κ1) is 17.2. The number of aromatic amines is 2. The number of aromatic nitrogens is 2. The van der Waals surface area contributed by atoms with E-state index in [-0.39, 0.29) is 22.5 Å². The minimum absolute atomic E-state index is 0.00846. The average Bonchev–Trinajstić information content (AvgIpc) is 2.65. The molecule has 0 spiro atoms. The first-order valence-corrected chi connectivity index (χ1v) is 8.09. The number of phenolic OH excluding ortho intramolecular Hbond substituents is 3. The molecule has 0 saturated carbocycles. The summed E-state index contributed by atoms with van der Waals surface area (Å²) in [4.78, 5) is 41.9. The Kier molecular flexibility index (Phi) is 3.78. The molecule has 9 nitrogen and oxygen atoms in total. The molecule has 0 aliphatic carbocycles. The SMILES string of the molecule is O=C(Nc1cc2cc(O)ccc2[nH]c1=O)c1cc2ccc(O)c(O)c2[nH]c1=O. The standard InChI is InChI=1S/C19H13N3O6/c23-10-2-3-12-9(5-10)7-13(19(28)20-12)21-17(26)11-6-8-1-4-14(24)16(25)15(8)22-18(11)27/h1-7,23-25H,(H,20,28)(H,21,26)(H,22,27). The maximum Gasteiger partial charge on any atom is 0.272 e. The van der Waals surface area contributed by atoms with E-state index in [4.69, 9.17) is 0 Å². The highest BCUT2D eigenvalue weighted by Crippen LogP contribution is 2.31. The lowest BCUT2D eigenvalue weighted by molar-refractivity contribution is 0.102. The molecule has 0 aliphatic heterocycles. The zero-order valence-corrected chi connectivity index (χ0v) is 14.1. The summed E-state index contributed by atoms with van der Waals surface area (Å²) in [7, 11) is 0. The van der Waals surface area contributed by atoms with Crippen molar-refractivity contribution in [2.45, 2.75) is 0 Å². The molecule has 4 rings (SSSR count). The van der Waals surface area contributed by atoms with Crippen LogP contribution < -0.4 is 16.4 Å². The second kappa shape index (κ2) is 6.16. The van der Waals surface area contributed by atoms with Gasteiger partial charge >= 0.3 is 0 Å². The molecule has 6 N–H and O–H groups in total. The maximum atomic E-state index is 12.5. The third-order valence-electron chi connectivity index (χ3n) is 4.29. The number of nitrogens with one attached hydrogen (secondary N) is 3. The molecule has 0 saturated heterocycles. The van der Waals surface area contributed by atoms with Gasteiger partial charge in [0.05, 0.1) is 5.52 Å². The third-order valence-corrected chi connectivity index (χ3v) is 4.29. The predicted molar refractivity (Wildman–Crippen MR) is 102 cm³/mol. The number of carbonyl (C=O) groups is 1. The van der Waals surface area contributed by atoms with Crippen molar-refractivity contribution in [1.82, 2.24) is 9.97 Å². The number of hydrogen-bond donors (Lipinski definition) is 6. The molecule has 0 radical (unpaired) electrons. The first-order valence-electron chi connectivity index (χ1n) is 8.09. The molecule has 28 heavy (non-hydrogen) atoms. The van der Waals surface area contributed by atoms with Crippen LogP contribution in [-0.2, 0) is 0 Å². The van der Waals surface area contributed by atoms with Gasteiger partial charge in [-0.2, -0.15) is 0 Å². The molecule has 0 bridgehead atoms. The summed E-state index contributed by atoms with van der Waals surface area (Å²) < 4.78 is 0. The Morgan fingerprint density at radius 2 is 1.64 bits per heavy atom. The Bertz CT molecular complexity index is 1390. The number of aromatic hydroxyl groups is 3. The number of amides is 1. The van der Waals surface area contributed by atoms with E-state index in [1.54, 1.807) is 0 Å². The topological polar surface area (TPSA) is 156 Å². The zero-order valence-electron chi connectivity index (χ0n) is 14.1. The zero-order chi connectivity index (χ0) is 20.0. The molecule has 0 atom stereocenters. The van der Waals surface area contributed by atoms with Crippen LogP contribution in [0.1, 0.15) is 10.4 Å². The molecule has 0 fully saturated rings. The van der Waals surface area contributed by atoms with Crippen LogP contribution >= 0.6 is 0 Å². The summed E-state index contributed by atoms with van der Waals surface area (Å²) in [5, 5.41) is 32.1. The van der Waals surface area contributed by atoms with Gasteiger partial charge in [0.2, 0.25) is 0 Å². The molecule has 4 aromatic rings. The van der Waals surface area contributed by atoms with E-state index in [1.165, 1.54) is 42.5 Å². The van der Waals surface area contributed by atoms with Gasteiger partial charge in [-0.3, -0.25) is 14.4 Å². The summed E-state index contributed by atoms with van der Waals surface area (Å²) in [6.07, 6.45) is 0. The van der Waals surface area contributed by atoms with E-state index < -0.39 is 28.5 Å². The van der Waals surface area contributed by atoms with E-state index in [9.17, 15) is 29.7 Å². The molecule has 2 aromatic carbocycles. The van der Waals surface area contributed by atoms with Crippen molar-refractivity contribution in [3.63, 3.8) is 0 Å². The Morgan fingerprint density at radius 1 is 0.857 bits per heavy atom. The quantitative estimate of drug-likeness (QED) is 0.291. The van der Waals surface area contributed by atoms with Crippen LogP contribution in [0.3, 0.4) is 0 Å². The van der Waals surface area contributed by atoms with Gasteiger partial charge in [-0.15, -0.1) is 0 Å². The van der Waals surface area contributed by atoms with Crippen molar-refractivity contribution in [3.05, 3.63) is 68.7 Å². The van der Waals surface area contributed by atoms with Gasteiger partial charge in [-0.25, -0.2) is 0 Å². The van der Waals surface area contributed by atoms with Crippen molar-refractivity contribution in [2.24, 2.45) is 0 Å². The van der Waals surface area contributed by atoms with Crippen molar-refractivity contribution in [1.29, 1.82) is 0 Å². The fraction of sp³-hybridized carbons (Fsp3) is 0. The number of carbonyl (C=O) groups excluding carboxylic acids is 1. The summed E-state index contributed by atoms with van der Waals surface area (Å²) in [5.41, 5.74) is -1.31. The molecular weight excluding hydrogens is 366 g/mol. The van der Waals surface area contributed by atoms with Crippen LogP contribution in [-0.4, -0.2) is 31.2 Å². The number of rotatable bonds is 2. The number of phenols is 3. The molecule has 140 valence electrons. The van der Waals surface area contributed by atoms with E-state index in [2.05, 4.69) is 15.3 Å². The summed E-state index contributed by atoms with van der Waals surface area (Å²) in [6, 6.07) is 9.61. The number of pyridine rings is 2. The number of benzene rings is 2. The fourth-order valence-electron chi connectivity index (χ4n) is 2.89. The van der Waals surface area contributed by atoms with E-state index >= 15 is 0 Å². The van der Waals surface area contributed by atoms with Crippen LogP contribution in [0.15, 0.2) is 52.1 Å². The molecule has 2 aromatic heterocycles. The van der Waals surface area contributed by atoms with E-state index in [0.717, 1.165) is 0 Å². The van der Waals surface area contributed by atoms with Crippen LogP contribution in [0.2, 0.25) is 0 Å². The minimum atomic E-state index is -0.833. The molecule has 1 amide bonds. The highest BCUT2D eigenvalue weighted by Gasteiger charge is 2.16. The summed E-state index contributed by atoms with van der Waals surface area (Å²) >= 11 is 0. The van der Waals surface area contributed by atoms with Crippen LogP contribution in [0, 0.1) is 0 Å². The van der Waals surface area contributed by atoms with Crippen molar-refractivity contribution in [2.75, 3.05) is 5.32 Å². The molecule has 9 heteroatoms. The third kappa shape index (κ3) is 2.80. The van der Waals surface area contributed by atoms with Crippen molar-refractivity contribution < 1.29 is 20.1 Å². The average molecular weight is 379 g/mol. The van der Waals surface area contributed by atoms with Gasteiger partial charge in [0.15, 0.2) is 11.5 Å². The molecular formula is C19H13N3O6. The number of hydrogen-bond acceptors (Lipinski definition) is 6. The minimum Gasteiger partial charge on any atom is -0.508 e. The van der Waals surface area contributed by atoms with Crippen LogP contribution in [0.25, 0.3) is 21.8 Å². The normalized spacial score (nSPS) is 11.0. The molecule has 2 heterocycles. The van der Waals surface area contributed by atoms with Gasteiger partial charge in [0.1, 0.15) is 17.0 Å². The molecule has 0 unspecified atom stereocenters. The van der Waals surface area contributed by atoms with Gasteiger partial charge < -0.3 is 30.6 Å². The number of H-pyrrole nitrogens is 2. The van der Waals surface area contributed by atoms with Crippen molar-refractivity contribution >= 4 is 33.4 Å². The largest absolute Gasteiger partial charge is 0.508 e. The lowest BCUT2D eigenvalue weighted by atomic mass is 10.1. The van der Waals surface area contributed by atoms with E-state index in [0.29, 0.717) is 16.3 Å². The van der Waals surface area contributed by atoms with Gasteiger partial charge in [0.25, 0.3) is 17.0 Å². The van der Waals surface area contributed by atoms with Crippen LogP contribution in [0.4, 0.5) is 5.69 Å². The Labute approximate surface area is 155 Å². The number of anilines is 1. The second-order valence-corrected chi connectivity index (χ2v) is 6.15. The lowest BCUT2D eigenvalue weighted by Crippen LogP contribution is -2.26. The van der Waals surface area contributed by atoms with Gasteiger partial charge in [-0.05, 0) is 42.5 Å². The van der Waals surface area contributed by atoms with Crippen LogP contribution in [0.5, 0.6) is 17.2 Å². The Balaban J connectivity index is 1.76. The smallest absolute Gasteiger partial charge is 0.272 e. The van der Waals surface area contributed by atoms with Crippen molar-refractivity contribution in [3.8, 4) is 17.2 Å². The first-order chi connectivity index (χ1) is 13.3. The second-order valence-electron chi connectivity index (χ2n) is 6.15. The highest BCUT2D eigenvalue weighted by atomic mass is 16.3. The summed E-state index contributed by atoms with van der Waals surface area (Å²) in [6.45, 7) is 0. The number of fused-ring (bicyclic) bond motifs is 2. The lowest BCUT2D eigenvalue weighted by Gasteiger charge is -2.08. The Morgan fingerprint density at radius 3 is 2.43 bits per heavy atom. The van der Waals surface area contributed by atoms with Gasteiger partial charge in [0, 0.05) is 16.3 Å². The predicted octanol–water partition coefficient (Wildman–Crippen LogP) is 1.74. The monoisotopic (exact) mass is 379 g/mol. The maximum absolute atomic E-state index is 12.5.